The van der Waals surface area contributed by atoms with E-state index in [9.17, 15) is 0 Å². The summed E-state index contributed by atoms with van der Waals surface area (Å²) < 4.78 is 0. The van der Waals surface area contributed by atoms with Crippen LogP contribution in [0.5, 0.6) is 0 Å². The van der Waals surface area contributed by atoms with Crippen molar-refractivity contribution in [2.24, 2.45) is 22.7 Å². The van der Waals surface area contributed by atoms with Crippen LogP contribution in [-0.4, -0.2) is 25.0 Å². The summed E-state index contributed by atoms with van der Waals surface area (Å²) in [5.41, 5.74) is 0.935. The SMILES string of the molecule is CCC(C)C1CCN(C)CC(C)(C)CC1(C)C.[U]. The van der Waals surface area contributed by atoms with Crippen molar-refractivity contribution in [3.63, 3.8) is 0 Å². The van der Waals surface area contributed by atoms with Crippen molar-refractivity contribution in [3.05, 3.63) is 0 Å². The molecule has 0 saturated carbocycles. The van der Waals surface area contributed by atoms with Crippen molar-refractivity contribution >= 4 is 0 Å². The van der Waals surface area contributed by atoms with Gasteiger partial charge in [-0.25, -0.2) is 0 Å². The molecule has 1 heterocycles. The second-order valence-corrected chi connectivity index (χ2v) is 7.85. The number of nitrogens with zero attached hydrogens (tertiary/aromatic N) is 1. The van der Waals surface area contributed by atoms with Gasteiger partial charge in [0.1, 0.15) is 0 Å². The Balaban J connectivity index is 0.00000289. The molecule has 1 nitrogen and oxygen atoms in total. The van der Waals surface area contributed by atoms with Crippen molar-refractivity contribution in [1.29, 1.82) is 0 Å². The van der Waals surface area contributed by atoms with Crippen LogP contribution in [0.4, 0.5) is 0 Å². The molecule has 0 amide bonds. The summed E-state index contributed by atoms with van der Waals surface area (Å²) in [5.74, 6) is 1.72. The largest absolute Gasteiger partial charge is 0.306 e. The van der Waals surface area contributed by atoms with Crippen molar-refractivity contribution in [2.75, 3.05) is 20.1 Å². The summed E-state index contributed by atoms with van der Waals surface area (Å²) in [5, 5.41) is 0. The summed E-state index contributed by atoms with van der Waals surface area (Å²) in [4.78, 5) is 2.53. The second kappa shape index (κ2) is 7.14. The predicted octanol–water partition coefficient (Wildman–Crippen LogP) is 4.43. The summed E-state index contributed by atoms with van der Waals surface area (Å²) in [6.07, 6.45) is 4.03. The van der Waals surface area contributed by atoms with E-state index in [1.165, 1.54) is 32.4 Å². The third-order valence-corrected chi connectivity index (χ3v) is 4.79. The fourth-order valence-electron chi connectivity index (χ4n) is 4.32. The number of hydrogen-bond acceptors (Lipinski definition) is 1. The molecule has 0 spiro atoms. The van der Waals surface area contributed by atoms with Gasteiger partial charge in [-0.3, -0.25) is 0 Å². The van der Waals surface area contributed by atoms with E-state index >= 15 is 0 Å². The fraction of sp³-hybridized carbons (Fsp3) is 1.00. The molecule has 0 aromatic rings. The molecular formula is C16H33NU. The molecule has 2 unspecified atom stereocenters. The smallest absolute Gasteiger partial charge is 0.00298 e. The Kier molecular flexibility index (Phi) is 7.55. The first-order valence-electron chi connectivity index (χ1n) is 7.36. The Labute approximate surface area is 139 Å². The zero-order valence-corrected chi connectivity index (χ0v) is 17.8. The summed E-state index contributed by atoms with van der Waals surface area (Å²) >= 11 is 0. The minimum atomic E-state index is 0. The molecule has 2 heteroatoms. The van der Waals surface area contributed by atoms with Crippen LogP contribution in [-0.2, 0) is 0 Å². The van der Waals surface area contributed by atoms with Gasteiger partial charge in [-0.1, -0.05) is 48.0 Å². The molecule has 1 aliphatic rings. The molecule has 18 heavy (non-hydrogen) atoms. The van der Waals surface area contributed by atoms with E-state index in [-0.39, 0.29) is 31.1 Å². The van der Waals surface area contributed by atoms with E-state index in [1.54, 1.807) is 0 Å². The molecule has 2 atom stereocenters. The molecule has 0 aliphatic carbocycles. The molecule has 1 saturated heterocycles. The van der Waals surface area contributed by atoms with Crippen molar-refractivity contribution in [2.45, 2.75) is 60.8 Å². The first-order chi connectivity index (χ1) is 7.68. The van der Waals surface area contributed by atoms with Crippen LogP contribution in [0.3, 0.4) is 0 Å². The van der Waals surface area contributed by atoms with E-state index in [2.05, 4.69) is 53.5 Å². The molecule has 0 bridgehead atoms. The Morgan fingerprint density at radius 2 is 1.78 bits per heavy atom. The van der Waals surface area contributed by atoms with Gasteiger partial charge in [-0.05, 0) is 49.1 Å². The first kappa shape index (κ1) is 19.0. The second-order valence-electron chi connectivity index (χ2n) is 7.85. The van der Waals surface area contributed by atoms with Gasteiger partial charge in [0, 0.05) is 37.7 Å². The maximum Gasteiger partial charge on any atom is 0.00298 e. The number of likely N-dealkylation sites (tertiary alicyclic amines) is 1. The van der Waals surface area contributed by atoms with Gasteiger partial charge in [-0.2, -0.15) is 0 Å². The maximum atomic E-state index is 2.53. The summed E-state index contributed by atoms with van der Waals surface area (Å²) in [6.45, 7) is 17.2. The zero-order chi connectivity index (χ0) is 13.3. The van der Waals surface area contributed by atoms with Crippen LogP contribution < -0.4 is 0 Å². The normalized spacial score (nSPS) is 29.8. The predicted molar refractivity (Wildman–Crippen MR) is 77.2 cm³/mol. The standard InChI is InChI=1S/C16H33N.U/c1-8-13(2)14-9-10-17(7)12-15(3,4)11-16(14,5)6;/h13-14H,8-12H2,1-7H3;. The molecular weight excluding hydrogens is 444 g/mol. The van der Waals surface area contributed by atoms with Crippen molar-refractivity contribution < 1.29 is 31.1 Å². The molecule has 0 aromatic heterocycles. The molecule has 0 radical (unpaired) electrons. The Morgan fingerprint density at radius 1 is 1.22 bits per heavy atom. The van der Waals surface area contributed by atoms with E-state index in [0.29, 0.717) is 10.8 Å². The van der Waals surface area contributed by atoms with Crippen molar-refractivity contribution in [1.82, 2.24) is 4.90 Å². The van der Waals surface area contributed by atoms with Gasteiger partial charge >= 0.3 is 0 Å². The molecule has 1 aliphatic heterocycles. The van der Waals surface area contributed by atoms with Gasteiger partial charge in [0.25, 0.3) is 0 Å². The molecule has 1 rings (SSSR count). The van der Waals surface area contributed by atoms with Gasteiger partial charge in [0.2, 0.25) is 0 Å². The van der Waals surface area contributed by atoms with E-state index in [4.69, 9.17) is 0 Å². The van der Waals surface area contributed by atoms with Crippen LogP contribution >= 0.6 is 0 Å². The van der Waals surface area contributed by atoms with Crippen LogP contribution in [0.2, 0.25) is 0 Å². The summed E-state index contributed by atoms with van der Waals surface area (Å²) in [6, 6.07) is 0. The van der Waals surface area contributed by atoms with Crippen LogP contribution in [0.15, 0.2) is 0 Å². The quantitative estimate of drug-likeness (QED) is 0.569. The van der Waals surface area contributed by atoms with Crippen LogP contribution in [0, 0.1) is 53.8 Å². The third-order valence-electron chi connectivity index (χ3n) is 4.79. The van der Waals surface area contributed by atoms with E-state index < -0.39 is 0 Å². The average Bonchev–Trinajstić information content (AvgIpc) is 2.12. The van der Waals surface area contributed by atoms with Crippen molar-refractivity contribution in [3.8, 4) is 0 Å². The topological polar surface area (TPSA) is 3.24 Å². The molecule has 1 fully saturated rings. The Hall–Kier alpha value is 1.01. The maximum absolute atomic E-state index is 2.53. The Bertz CT molecular complexity index is 247. The molecule has 106 valence electrons. The number of hydrogen-bond donors (Lipinski definition) is 0. The van der Waals surface area contributed by atoms with Crippen LogP contribution in [0.25, 0.3) is 0 Å². The minimum Gasteiger partial charge on any atom is -0.306 e. The van der Waals surface area contributed by atoms with Crippen LogP contribution in [0.1, 0.15) is 60.8 Å². The molecule has 0 aromatic carbocycles. The van der Waals surface area contributed by atoms with Gasteiger partial charge < -0.3 is 4.90 Å². The minimum absolute atomic E-state index is 0. The number of rotatable bonds is 2. The first-order valence-corrected chi connectivity index (χ1v) is 7.36. The van der Waals surface area contributed by atoms with Gasteiger partial charge in [0.15, 0.2) is 0 Å². The van der Waals surface area contributed by atoms with Gasteiger partial charge in [-0.15, -0.1) is 0 Å². The fourth-order valence-corrected chi connectivity index (χ4v) is 4.32. The zero-order valence-electron chi connectivity index (χ0n) is 13.6. The molecule has 0 N–H and O–H groups in total. The monoisotopic (exact) mass is 477 g/mol. The van der Waals surface area contributed by atoms with Gasteiger partial charge in [0.05, 0.1) is 0 Å². The third kappa shape index (κ3) is 5.18. The summed E-state index contributed by atoms with van der Waals surface area (Å²) in [7, 11) is 2.29. The van der Waals surface area contributed by atoms with E-state index in [1.807, 2.05) is 0 Å². The van der Waals surface area contributed by atoms with E-state index in [0.717, 1.165) is 11.8 Å². The average molecular weight is 477 g/mol. The Morgan fingerprint density at radius 3 is 2.28 bits per heavy atom.